The van der Waals surface area contributed by atoms with Crippen molar-refractivity contribution < 1.29 is 0 Å². The SMILES string of the molecule is CC(=NNc1cc(NCCc2ccc(Cl)cc2)nc(Nc2ccccc2)n1)c1ccncc1. The molecule has 8 heteroatoms. The number of para-hydroxylation sites is 1. The molecular formula is C25H24ClN7. The molecule has 0 spiro atoms. The molecule has 3 N–H and O–H groups in total. The van der Waals surface area contributed by atoms with Crippen molar-refractivity contribution in [2.75, 3.05) is 22.6 Å². The van der Waals surface area contributed by atoms with E-state index < -0.39 is 0 Å². The van der Waals surface area contributed by atoms with E-state index in [0.717, 1.165) is 28.4 Å². The molecule has 0 amide bonds. The summed E-state index contributed by atoms with van der Waals surface area (Å²) in [7, 11) is 0. The minimum Gasteiger partial charge on any atom is -0.370 e. The smallest absolute Gasteiger partial charge is 0.231 e. The van der Waals surface area contributed by atoms with Gasteiger partial charge < -0.3 is 10.6 Å². The Labute approximate surface area is 198 Å². The molecule has 0 aliphatic rings. The zero-order chi connectivity index (χ0) is 22.9. The second-order valence-electron chi connectivity index (χ2n) is 7.30. The van der Waals surface area contributed by atoms with Crippen LogP contribution < -0.4 is 16.1 Å². The van der Waals surface area contributed by atoms with E-state index in [0.29, 0.717) is 24.1 Å². The van der Waals surface area contributed by atoms with E-state index in [4.69, 9.17) is 11.6 Å². The van der Waals surface area contributed by atoms with Gasteiger partial charge in [0.25, 0.3) is 0 Å². The molecule has 2 heterocycles. The van der Waals surface area contributed by atoms with Gasteiger partial charge in [0.05, 0.1) is 5.71 Å². The standard InChI is InChI=1S/C25H24ClN7/c1-18(20-12-14-27-15-13-20)32-33-24-17-23(28-16-11-19-7-9-21(26)10-8-19)30-25(31-24)29-22-5-3-2-4-6-22/h2-10,12-15,17H,11,16H2,1H3,(H3,28,29,30,31,33). The summed E-state index contributed by atoms with van der Waals surface area (Å²) in [5.74, 6) is 1.74. The van der Waals surface area contributed by atoms with Crippen LogP contribution in [0.2, 0.25) is 5.02 Å². The predicted octanol–water partition coefficient (Wildman–Crippen LogP) is 5.76. The fourth-order valence-corrected chi connectivity index (χ4v) is 3.21. The lowest BCUT2D eigenvalue weighted by Crippen LogP contribution is -2.09. The number of pyridine rings is 1. The van der Waals surface area contributed by atoms with E-state index in [-0.39, 0.29) is 0 Å². The van der Waals surface area contributed by atoms with Crippen LogP contribution in [0.15, 0.2) is 90.3 Å². The van der Waals surface area contributed by atoms with Crippen molar-refractivity contribution >= 4 is 40.6 Å². The maximum Gasteiger partial charge on any atom is 0.231 e. The van der Waals surface area contributed by atoms with Gasteiger partial charge in [0.1, 0.15) is 5.82 Å². The first-order valence-electron chi connectivity index (χ1n) is 10.6. The molecule has 4 aromatic rings. The molecule has 7 nitrogen and oxygen atoms in total. The van der Waals surface area contributed by atoms with Crippen LogP contribution in [0.4, 0.5) is 23.3 Å². The number of rotatable bonds is 9. The van der Waals surface area contributed by atoms with Gasteiger partial charge in [-0.3, -0.25) is 10.4 Å². The Morgan fingerprint density at radius 3 is 2.39 bits per heavy atom. The third-order valence-electron chi connectivity index (χ3n) is 4.83. The third kappa shape index (κ3) is 6.75. The first-order valence-corrected chi connectivity index (χ1v) is 10.9. The van der Waals surface area contributed by atoms with E-state index in [1.165, 1.54) is 5.56 Å². The molecule has 0 atom stereocenters. The molecule has 0 fully saturated rings. The van der Waals surface area contributed by atoms with E-state index in [1.807, 2.05) is 79.7 Å². The van der Waals surface area contributed by atoms with Crippen LogP contribution in [0.3, 0.4) is 0 Å². The summed E-state index contributed by atoms with van der Waals surface area (Å²) in [4.78, 5) is 13.2. The van der Waals surface area contributed by atoms with Gasteiger partial charge in [0, 0.05) is 41.3 Å². The maximum absolute atomic E-state index is 5.97. The molecule has 166 valence electrons. The Balaban J connectivity index is 1.50. The fourth-order valence-electron chi connectivity index (χ4n) is 3.09. The van der Waals surface area contributed by atoms with Gasteiger partial charge in [-0.2, -0.15) is 15.1 Å². The second kappa shape index (κ2) is 11.1. The van der Waals surface area contributed by atoms with Crippen molar-refractivity contribution in [3.05, 3.63) is 101 Å². The normalized spacial score (nSPS) is 11.2. The average molecular weight is 458 g/mol. The van der Waals surface area contributed by atoms with E-state index in [2.05, 4.69) is 36.1 Å². The summed E-state index contributed by atoms with van der Waals surface area (Å²) in [5, 5.41) is 11.8. The molecule has 0 aliphatic carbocycles. The number of hydrazone groups is 1. The van der Waals surface area contributed by atoms with E-state index in [1.54, 1.807) is 12.4 Å². The number of halogens is 1. The molecule has 0 unspecified atom stereocenters. The number of hydrogen-bond donors (Lipinski definition) is 3. The number of aromatic nitrogens is 3. The summed E-state index contributed by atoms with van der Waals surface area (Å²) in [6, 6.07) is 23.3. The zero-order valence-electron chi connectivity index (χ0n) is 18.2. The number of benzene rings is 2. The maximum atomic E-state index is 5.97. The summed E-state index contributed by atoms with van der Waals surface area (Å²) in [5.41, 5.74) is 6.95. The second-order valence-corrected chi connectivity index (χ2v) is 7.74. The highest BCUT2D eigenvalue weighted by Crippen LogP contribution is 2.19. The van der Waals surface area contributed by atoms with Crippen molar-refractivity contribution in [3.63, 3.8) is 0 Å². The minimum absolute atomic E-state index is 0.469. The van der Waals surface area contributed by atoms with Gasteiger partial charge in [-0.1, -0.05) is 41.9 Å². The predicted molar refractivity (Wildman–Crippen MR) is 135 cm³/mol. The van der Waals surface area contributed by atoms with Gasteiger partial charge in [-0.25, -0.2) is 0 Å². The highest BCUT2D eigenvalue weighted by Gasteiger charge is 2.06. The van der Waals surface area contributed by atoms with Crippen LogP contribution in [0, 0.1) is 0 Å². The van der Waals surface area contributed by atoms with Crippen LogP contribution in [0.1, 0.15) is 18.1 Å². The van der Waals surface area contributed by atoms with Crippen LogP contribution in [-0.4, -0.2) is 27.2 Å². The summed E-state index contributed by atoms with van der Waals surface area (Å²) >= 11 is 5.97. The lowest BCUT2D eigenvalue weighted by molar-refractivity contribution is 1.000. The van der Waals surface area contributed by atoms with Crippen LogP contribution >= 0.6 is 11.6 Å². The number of hydrogen-bond acceptors (Lipinski definition) is 7. The third-order valence-corrected chi connectivity index (χ3v) is 5.08. The van der Waals surface area contributed by atoms with Crippen LogP contribution in [0.25, 0.3) is 0 Å². The average Bonchev–Trinajstić information content (AvgIpc) is 2.85. The quantitative estimate of drug-likeness (QED) is 0.219. The number of anilines is 4. The molecule has 0 bridgehead atoms. The van der Waals surface area contributed by atoms with Gasteiger partial charge in [-0.15, -0.1) is 0 Å². The Morgan fingerprint density at radius 1 is 0.909 bits per heavy atom. The molecule has 0 radical (unpaired) electrons. The minimum atomic E-state index is 0.469. The molecule has 33 heavy (non-hydrogen) atoms. The van der Waals surface area contributed by atoms with Gasteiger partial charge in [0.15, 0.2) is 5.82 Å². The number of nitrogens with one attached hydrogen (secondary N) is 3. The van der Waals surface area contributed by atoms with Crippen molar-refractivity contribution in [3.8, 4) is 0 Å². The molecule has 0 saturated heterocycles. The largest absolute Gasteiger partial charge is 0.370 e. The van der Waals surface area contributed by atoms with Crippen molar-refractivity contribution in [1.82, 2.24) is 15.0 Å². The van der Waals surface area contributed by atoms with Gasteiger partial charge >= 0.3 is 0 Å². The topological polar surface area (TPSA) is 87.1 Å². The Bertz CT molecular complexity index is 1200. The lowest BCUT2D eigenvalue weighted by Gasteiger charge is -2.11. The van der Waals surface area contributed by atoms with Gasteiger partial charge in [0.2, 0.25) is 5.95 Å². The zero-order valence-corrected chi connectivity index (χ0v) is 18.9. The molecule has 2 aromatic heterocycles. The first-order chi connectivity index (χ1) is 16.2. The Morgan fingerprint density at radius 2 is 1.64 bits per heavy atom. The molecule has 0 aliphatic heterocycles. The van der Waals surface area contributed by atoms with Crippen molar-refractivity contribution in [1.29, 1.82) is 0 Å². The highest BCUT2D eigenvalue weighted by molar-refractivity contribution is 6.30. The first kappa shape index (κ1) is 22.2. The van der Waals surface area contributed by atoms with Gasteiger partial charge in [-0.05, 0) is 55.3 Å². The Hall–Kier alpha value is -3.97. The molecule has 0 saturated carbocycles. The van der Waals surface area contributed by atoms with E-state index in [9.17, 15) is 0 Å². The lowest BCUT2D eigenvalue weighted by atomic mass is 10.1. The fraction of sp³-hybridized carbons (Fsp3) is 0.120. The molecule has 2 aromatic carbocycles. The molecular weight excluding hydrogens is 434 g/mol. The highest BCUT2D eigenvalue weighted by atomic mass is 35.5. The van der Waals surface area contributed by atoms with Crippen LogP contribution in [-0.2, 0) is 6.42 Å². The van der Waals surface area contributed by atoms with Crippen LogP contribution in [0.5, 0.6) is 0 Å². The summed E-state index contributed by atoms with van der Waals surface area (Å²) in [6.07, 6.45) is 4.32. The van der Waals surface area contributed by atoms with Crippen molar-refractivity contribution in [2.24, 2.45) is 5.10 Å². The monoisotopic (exact) mass is 457 g/mol. The van der Waals surface area contributed by atoms with Crippen molar-refractivity contribution in [2.45, 2.75) is 13.3 Å². The Kier molecular flexibility index (Phi) is 7.45. The number of nitrogens with zero attached hydrogens (tertiary/aromatic N) is 4. The summed E-state index contributed by atoms with van der Waals surface area (Å²) in [6.45, 7) is 2.64. The molecule has 4 rings (SSSR count). The summed E-state index contributed by atoms with van der Waals surface area (Å²) < 4.78 is 0. The van der Waals surface area contributed by atoms with E-state index >= 15 is 0 Å².